The third-order valence-corrected chi connectivity index (χ3v) is 5.88. The van der Waals surface area contributed by atoms with Gasteiger partial charge >= 0.3 is 5.97 Å². The van der Waals surface area contributed by atoms with Crippen LogP contribution >= 0.6 is 0 Å². The van der Waals surface area contributed by atoms with E-state index in [9.17, 15) is 19.5 Å². The molecule has 1 saturated carbocycles. The Balaban J connectivity index is 1.56. The normalized spacial score (nSPS) is 23.7. The van der Waals surface area contributed by atoms with Gasteiger partial charge in [-0.1, -0.05) is 0 Å². The molecule has 2 aliphatic heterocycles. The number of hydrogen-bond donors (Lipinski definition) is 1. The fourth-order valence-corrected chi connectivity index (χ4v) is 4.09. The Hall–Kier alpha value is -2.61. The number of rotatable bonds is 4. The van der Waals surface area contributed by atoms with E-state index < -0.39 is 17.7 Å². The van der Waals surface area contributed by atoms with Crippen LogP contribution in [0.25, 0.3) is 0 Å². The molecule has 0 radical (unpaired) electrons. The smallest absolute Gasteiger partial charge is 0.328 e. The molecule has 28 heavy (non-hydrogen) atoms. The lowest BCUT2D eigenvalue weighted by Gasteiger charge is -2.44. The predicted octanol–water partition coefficient (Wildman–Crippen LogP) is 1.35. The van der Waals surface area contributed by atoms with Crippen molar-refractivity contribution < 1.29 is 29.0 Å². The first-order chi connectivity index (χ1) is 13.4. The van der Waals surface area contributed by atoms with Crippen LogP contribution < -0.4 is 4.74 Å². The minimum atomic E-state index is -1.09. The first kappa shape index (κ1) is 18.7. The van der Waals surface area contributed by atoms with Gasteiger partial charge in [0.25, 0.3) is 5.91 Å². The fraction of sp³-hybridized carbons (Fsp3) is 0.550. The molecule has 8 nitrogen and oxygen atoms in total. The lowest BCUT2D eigenvalue weighted by atomic mass is 9.96. The van der Waals surface area contributed by atoms with Crippen LogP contribution in [-0.2, 0) is 14.3 Å². The number of methoxy groups -OCH3 is 1. The summed E-state index contributed by atoms with van der Waals surface area (Å²) in [6, 6.07) is 5.54. The molecule has 3 fully saturated rings. The van der Waals surface area contributed by atoms with Gasteiger partial charge in [-0.15, -0.1) is 0 Å². The maximum absolute atomic E-state index is 13.2. The first-order valence-corrected chi connectivity index (χ1v) is 9.58. The average Bonchev–Trinajstić information content (AvgIpc) is 3.50. The fourth-order valence-electron chi connectivity index (χ4n) is 4.09. The van der Waals surface area contributed by atoms with E-state index in [0.29, 0.717) is 37.2 Å². The third-order valence-electron chi connectivity index (χ3n) is 5.88. The van der Waals surface area contributed by atoms with Crippen LogP contribution in [0, 0.1) is 5.92 Å². The summed E-state index contributed by atoms with van der Waals surface area (Å²) in [6.07, 6.45) is 2.72. The molecule has 1 atom stereocenters. The molecule has 8 heteroatoms. The molecule has 3 aliphatic rings. The Labute approximate surface area is 163 Å². The van der Waals surface area contributed by atoms with Gasteiger partial charge in [0.15, 0.2) is 6.04 Å². The Bertz CT molecular complexity index is 780. The van der Waals surface area contributed by atoms with E-state index in [2.05, 4.69) is 0 Å². The highest BCUT2D eigenvalue weighted by Crippen LogP contribution is 2.40. The number of hydrogen-bond acceptors (Lipinski definition) is 5. The van der Waals surface area contributed by atoms with E-state index in [1.165, 1.54) is 12.0 Å². The molecule has 2 amide bonds. The first-order valence-electron chi connectivity index (χ1n) is 9.58. The zero-order chi connectivity index (χ0) is 19.9. The maximum atomic E-state index is 13.2. The summed E-state index contributed by atoms with van der Waals surface area (Å²) in [5.74, 6) is -0.548. The van der Waals surface area contributed by atoms with Crippen molar-refractivity contribution in [3.05, 3.63) is 29.8 Å². The minimum Gasteiger partial charge on any atom is -0.497 e. The number of likely N-dealkylation sites (tertiary alicyclic amines) is 1. The molecule has 150 valence electrons. The van der Waals surface area contributed by atoms with Gasteiger partial charge < -0.3 is 19.5 Å². The van der Waals surface area contributed by atoms with Gasteiger partial charge in [-0.05, 0) is 37.1 Å². The second-order valence-corrected chi connectivity index (χ2v) is 7.61. The van der Waals surface area contributed by atoms with E-state index in [1.807, 2.05) is 4.90 Å². The SMILES string of the molecule is COc1ccc(C(=O)N2[C@H](C(=O)O)COC23CCN(C(=O)C2CC2)CC3)cc1. The largest absolute Gasteiger partial charge is 0.497 e. The number of piperidine rings is 1. The molecule has 2 saturated heterocycles. The van der Waals surface area contributed by atoms with Crippen LogP contribution in [0.15, 0.2) is 24.3 Å². The highest BCUT2D eigenvalue weighted by atomic mass is 16.5. The number of carbonyl (C=O) groups excluding carboxylic acids is 2. The minimum absolute atomic E-state index is 0.0478. The number of carboxylic acids is 1. The predicted molar refractivity (Wildman–Crippen MR) is 97.8 cm³/mol. The number of benzene rings is 1. The van der Waals surface area contributed by atoms with Crippen LogP contribution in [0.4, 0.5) is 0 Å². The summed E-state index contributed by atoms with van der Waals surface area (Å²) in [7, 11) is 1.54. The van der Waals surface area contributed by atoms with Gasteiger partial charge in [-0.2, -0.15) is 0 Å². The standard InChI is InChI=1S/C20H24N2O6/c1-27-15-6-4-14(5-7-15)18(24)22-16(19(25)26)12-28-20(22)8-10-21(11-9-20)17(23)13-2-3-13/h4-7,13,16H,2-3,8-12H2,1H3,(H,25,26)/t16-/m0/s1. The Morgan fingerprint density at radius 2 is 1.79 bits per heavy atom. The number of amides is 2. The van der Waals surface area contributed by atoms with E-state index >= 15 is 0 Å². The maximum Gasteiger partial charge on any atom is 0.328 e. The van der Waals surface area contributed by atoms with Crippen LogP contribution in [0.3, 0.4) is 0 Å². The van der Waals surface area contributed by atoms with Gasteiger partial charge in [0.2, 0.25) is 5.91 Å². The van der Waals surface area contributed by atoms with Crippen molar-refractivity contribution in [2.45, 2.75) is 37.5 Å². The monoisotopic (exact) mass is 388 g/mol. The second-order valence-electron chi connectivity index (χ2n) is 7.61. The second kappa shape index (κ2) is 7.09. The van der Waals surface area contributed by atoms with E-state index in [1.54, 1.807) is 24.3 Å². The number of ether oxygens (including phenoxy) is 2. The quantitative estimate of drug-likeness (QED) is 0.836. The Kier molecular flexibility index (Phi) is 4.74. The Morgan fingerprint density at radius 1 is 1.14 bits per heavy atom. The van der Waals surface area contributed by atoms with Crippen molar-refractivity contribution in [2.75, 3.05) is 26.8 Å². The van der Waals surface area contributed by atoms with Gasteiger partial charge in [0.05, 0.1) is 13.7 Å². The van der Waals surface area contributed by atoms with Crippen molar-refractivity contribution in [1.29, 1.82) is 0 Å². The van der Waals surface area contributed by atoms with Crippen LogP contribution in [0.2, 0.25) is 0 Å². The molecule has 0 bridgehead atoms. The highest BCUT2D eigenvalue weighted by Gasteiger charge is 2.54. The van der Waals surface area contributed by atoms with Gasteiger partial charge in [-0.3, -0.25) is 14.5 Å². The van der Waals surface area contributed by atoms with Gasteiger partial charge in [-0.25, -0.2) is 4.79 Å². The summed E-state index contributed by atoms with van der Waals surface area (Å²) in [6.45, 7) is 0.885. The molecule has 1 aliphatic carbocycles. The van der Waals surface area contributed by atoms with Crippen molar-refractivity contribution in [3.8, 4) is 5.75 Å². The number of carboxylic acid groups (broad SMARTS) is 1. The van der Waals surface area contributed by atoms with E-state index in [0.717, 1.165) is 12.8 Å². The molecule has 0 unspecified atom stereocenters. The number of aliphatic carboxylic acids is 1. The molecular formula is C20H24N2O6. The lowest BCUT2D eigenvalue weighted by molar-refractivity contribution is -0.148. The highest BCUT2D eigenvalue weighted by molar-refractivity contribution is 5.97. The average molecular weight is 388 g/mol. The Morgan fingerprint density at radius 3 is 2.32 bits per heavy atom. The zero-order valence-corrected chi connectivity index (χ0v) is 15.8. The summed E-state index contributed by atoms with van der Waals surface area (Å²) in [4.78, 5) is 40.5. The van der Waals surface area contributed by atoms with Crippen molar-refractivity contribution in [3.63, 3.8) is 0 Å². The van der Waals surface area contributed by atoms with Gasteiger partial charge in [0, 0.05) is 37.4 Å². The molecular weight excluding hydrogens is 364 g/mol. The van der Waals surface area contributed by atoms with E-state index in [4.69, 9.17) is 9.47 Å². The summed E-state index contributed by atoms with van der Waals surface area (Å²) < 4.78 is 11.0. The van der Waals surface area contributed by atoms with Crippen molar-refractivity contribution in [2.24, 2.45) is 5.92 Å². The molecule has 4 rings (SSSR count). The van der Waals surface area contributed by atoms with Crippen molar-refractivity contribution in [1.82, 2.24) is 9.80 Å². The summed E-state index contributed by atoms with van der Waals surface area (Å²) in [5.41, 5.74) is -0.603. The summed E-state index contributed by atoms with van der Waals surface area (Å²) >= 11 is 0. The van der Waals surface area contributed by atoms with Crippen LogP contribution in [-0.4, -0.2) is 71.3 Å². The molecule has 0 aromatic heterocycles. The topological polar surface area (TPSA) is 96.4 Å². The summed E-state index contributed by atoms with van der Waals surface area (Å²) in [5, 5.41) is 9.64. The van der Waals surface area contributed by atoms with Crippen LogP contribution in [0.5, 0.6) is 5.75 Å². The molecule has 1 aromatic carbocycles. The lowest BCUT2D eigenvalue weighted by Crippen LogP contribution is -2.58. The van der Waals surface area contributed by atoms with Crippen LogP contribution in [0.1, 0.15) is 36.0 Å². The zero-order valence-electron chi connectivity index (χ0n) is 15.8. The molecule has 1 N–H and O–H groups in total. The molecule has 2 heterocycles. The number of nitrogens with zero attached hydrogens (tertiary/aromatic N) is 2. The van der Waals surface area contributed by atoms with Crippen molar-refractivity contribution >= 4 is 17.8 Å². The third kappa shape index (κ3) is 3.22. The van der Waals surface area contributed by atoms with Gasteiger partial charge in [0.1, 0.15) is 11.5 Å². The molecule has 1 spiro atoms. The number of carbonyl (C=O) groups is 3. The molecule has 1 aromatic rings. The van der Waals surface area contributed by atoms with E-state index in [-0.39, 0.29) is 24.3 Å².